The van der Waals surface area contributed by atoms with Crippen LogP contribution in [0.2, 0.25) is 0 Å². The van der Waals surface area contributed by atoms with Crippen molar-refractivity contribution in [3.05, 3.63) is 29.8 Å². The summed E-state index contributed by atoms with van der Waals surface area (Å²) in [6.45, 7) is 3.88. The van der Waals surface area contributed by atoms with E-state index in [1.807, 2.05) is 13.0 Å². The second-order valence-electron chi connectivity index (χ2n) is 4.53. The van der Waals surface area contributed by atoms with E-state index >= 15 is 0 Å². The molecular weight excluding hydrogens is 260 g/mol. The molecule has 0 aliphatic carbocycles. The van der Waals surface area contributed by atoms with E-state index in [0.29, 0.717) is 5.69 Å². The first-order valence-electron chi connectivity index (χ1n) is 6.38. The zero-order valence-corrected chi connectivity index (χ0v) is 11.4. The van der Waals surface area contributed by atoms with Gasteiger partial charge in [-0.1, -0.05) is 12.1 Å². The largest absolute Gasteiger partial charge is 0.464 e. The molecule has 106 valence electrons. The van der Waals surface area contributed by atoms with E-state index in [4.69, 9.17) is 4.74 Å². The van der Waals surface area contributed by atoms with Crippen molar-refractivity contribution in [2.24, 2.45) is 0 Å². The van der Waals surface area contributed by atoms with Crippen LogP contribution in [0.3, 0.4) is 0 Å². The molecule has 1 heterocycles. The van der Waals surface area contributed by atoms with Crippen molar-refractivity contribution in [3.8, 4) is 0 Å². The van der Waals surface area contributed by atoms with Gasteiger partial charge in [-0.15, -0.1) is 0 Å². The highest BCUT2D eigenvalue weighted by molar-refractivity contribution is 6.41. The van der Waals surface area contributed by atoms with Crippen LogP contribution in [0.1, 0.15) is 12.5 Å². The molecule has 0 radical (unpaired) electrons. The van der Waals surface area contributed by atoms with Crippen LogP contribution in [0.5, 0.6) is 0 Å². The van der Waals surface area contributed by atoms with E-state index in [9.17, 15) is 14.4 Å². The molecule has 1 aromatic carbocycles. The van der Waals surface area contributed by atoms with Crippen LogP contribution in [0.15, 0.2) is 24.3 Å². The number of rotatable bonds is 3. The molecule has 1 aromatic rings. The van der Waals surface area contributed by atoms with Crippen molar-refractivity contribution in [2.45, 2.75) is 19.9 Å². The lowest BCUT2D eigenvalue weighted by atomic mass is 10.1. The molecule has 0 spiro atoms. The maximum absolute atomic E-state index is 11.9. The molecule has 20 heavy (non-hydrogen) atoms. The van der Waals surface area contributed by atoms with Crippen LogP contribution in [-0.4, -0.2) is 37.0 Å². The second-order valence-corrected chi connectivity index (χ2v) is 4.53. The Labute approximate surface area is 116 Å². The molecule has 2 rings (SSSR count). The van der Waals surface area contributed by atoms with Gasteiger partial charge in [-0.05, 0) is 31.5 Å². The summed E-state index contributed by atoms with van der Waals surface area (Å²) in [7, 11) is 0. The van der Waals surface area contributed by atoms with Gasteiger partial charge in [0.1, 0.15) is 6.04 Å². The summed E-state index contributed by atoms with van der Waals surface area (Å²) in [5.74, 6) is -2.00. The fourth-order valence-corrected chi connectivity index (χ4v) is 2.05. The van der Waals surface area contributed by atoms with Crippen molar-refractivity contribution in [2.75, 3.05) is 18.1 Å². The van der Waals surface area contributed by atoms with E-state index < -0.39 is 23.8 Å². The van der Waals surface area contributed by atoms with Crippen LogP contribution in [0, 0.1) is 6.92 Å². The molecule has 1 atom stereocenters. The second kappa shape index (κ2) is 5.73. The number of hydrogen-bond acceptors (Lipinski definition) is 4. The fourth-order valence-electron chi connectivity index (χ4n) is 2.05. The van der Waals surface area contributed by atoms with Gasteiger partial charge in [-0.2, -0.15) is 0 Å². The van der Waals surface area contributed by atoms with Gasteiger partial charge in [-0.3, -0.25) is 9.59 Å². The molecule has 1 aliphatic rings. The van der Waals surface area contributed by atoms with Gasteiger partial charge >= 0.3 is 17.8 Å². The number of piperazine rings is 1. The Morgan fingerprint density at radius 2 is 2.20 bits per heavy atom. The summed E-state index contributed by atoms with van der Waals surface area (Å²) >= 11 is 0. The highest BCUT2D eigenvalue weighted by Crippen LogP contribution is 2.18. The summed E-state index contributed by atoms with van der Waals surface area (Å²) in [5.41, 5.74) is 1.56. The topological polar surface area (TPSA) is 75.7 Å². The molecule has 1 fully saturated rings. The summed E-state index contributed by atoms with van der Waals surface area (Å²) < 4.78 is 4.88. The number of amides is 2. The number of nitrogens with one attached hydrogen (secondary N) is 1. The lowest BCUT2D eigenvalue weighted by Gasteiger charge is -2.31. The predicted octanol–water partition coefficient (Wildman–Crippen LogP) is 0.390. The number of esters is 1. The minimum Gasteiger partial charge on any atom is -0.464 e. The summed E-state index contributed by atoms with van der Waals surface area (Å²) in [5, 5.41) is 2.36. The standard InChI is InChI=1S/C14H16N2O4/c1-3-20-14(19)11-8-16(13(18)12(17)15-11)10-6-4-5-9(2)7-10/h4-7,11H,3,8H2,1-2H3,(H,15,17). The third-order valence-electron chi connectivity index (χ3n) is 2.99. The van der Waals surface area contributed by atoms with Crippen molar-refractivity contribution in [1.82, 2.24) is 5.32 Å². The third-order valence-corrected chi connectivity index (χ3v) is 2.99. The average molecular weight is 276 g/mol. The van der Waals surface area contributed by atoms with Gasteiger partial charge in [0.2, 0.25) is 0 Å². The van der Waals surface area contributed by atoms with Crippen LogP contribution >= 0.6 is 0 Å². The molecule has 1 N–H and O–H groups in total. The van der Waals surface area contributed by atoms with Gasteiger partial charge < -0.3 is 15.0 Å². The number of carbonyl (C=O) groups is 3. The van der Waals surface area contributed by atoms with Crippen molar-refractivity contribution < 1.29 is 19.1 Å². The molecule has 6 nitrogen and oxygen atoms in total. The van der Waals surface area contributed by atoms with E-state index in [2.05, 4.69) is 5.32 Å². The van der Waals surface area contributed by atoms with E-state index in [1.165, 1.54) is 4.90 Å². The first-order valence-corrected chi connectivity index (χ1v) is 6.38. The average Bonchev–Trinajstić information content (AvgIpc) is 2.42. The maximum atomic E-state index is 11.9. The molecular formula is C14H16N2O4. The van der Waals surface area contributed by atoms with Gasteiger partial charge in [0.05, 0.1) is 13.2 Å². The Bertz CT molecular complexity index is 556. The number of benzene rings is 1. The maximum Gasteiger partial charge on any atom is 0.330 e. The Morgan fingerprint density at radius 3 is 2.85 bits per heavy atom. The predicted molar refractivity (Wildman–Crippen MR) is 72.1 cm³/mol. The van der Waals surface area contributed by atoms with Gasteiger partial charge in [0.25, 0.3) is 0 Å². The van der Waals surface area contributed by atoms with Crippen LogP contribution in [-0.2, 0) is 19.1 Å². The number of aryl methyl sites for hydroxylation is 1. The molecule has 1 aliphatic heterocycles. The van der Waals surface area contributed by atoms with E-state index in [-0.39, 0.29) is 13.2 Å². The first kappa shape index (κ1) is 14.0. The normalized spacial score (nSPS) is 18.7. The van der Waals surface area contributed by atoms with Gasteiger partial charge in [0.15, 0.2) is 0 Å². The minimum atomic E-state index is -0.833. The summed E-state index contributed by atoms with van der Waals surface area (Å²) in [6, 6.07) is 6.37. The zero-order chi connectivity index (χ0) is 14.7. The van der Waals surface area contributed by atoms with E-state index in [0.717, 1.165) is 5.56 Å². The lowest BCUT2D eigenvalue weighted by molar-refractivity contribution is -0.149. The van der Waals surface area contributed by atoms with Crippen LogP contribution in [0.25, 0.3) is 0 Å². The fraction of sp³-hybridized carbons (Fsp3) is 0.357. The molecule has 0 aromatic heterocycles. The van der Waals surface area contributed by atoms with Crippen molar-refractivity contribution >= 4 is 23.5 Å². The minimum absolute atomic E-state index is 0.0762. The highest BCUT2D eigenvalue weighted by atomic mass is 16.5. The highest BCUT2D eigenvalue weighted by Gasteiger charge is 2.37. The van der Waals surface area contributed by atoms with Gasteiger partial charge in [-0.25, -0.2) is 4.79 Å². The molecule has 1 saturated heterocycles. The first-order chi connectivity index (χ1) is 9.52. The Hall–Kier alpha value is -2.37. The van der Waals surface area contributed by atoms with Crippen molar-refractivity contribution in [3.63, 3.8) is 0 Å². The van der Waals surface area contributed by atoms with Gasteiger partial charge in [0, 0.05) is 5.69 Å². The van der Waals surface area contributed by atoms with Crippen molar-refractivity contribution in [1.29, 1.82) is 0 Å². The summed E-state index contributed by atoms with van der Waals surface area (Å²) in [4.78, 5) is 36.6. The zero-order valence-electron chi connectivity index (χ0n) is 11.4. The Morgan fingerprint density at radius 1 is 1.45 bits per heavy atom. The quantitative estimate of drug-likeness (QED) is 0.640. The number of nitrogens with zero attached hydrogens (tertiary/aromatic N) is 1. The number of ether oxygens (including phenoxy) is 1. The molecule has 0 bridgehead atoms. The number of carbonyl (C=O) groups excluding carboxylic acids is 3. The molecule has 0 saturated carbocycles. The Kier molecular flexibility index (Phi) is 4.02. The number of anilines is 1. The SMILES string of the molecule is CCOC(=O)C1CN(c2cccc(C)c2)C(=O)C(=O)N1. The van der Waals surface area contributed by atoms with Crippen LogP contribution in [0.4, 0.5) is 5.69 Å². The molecule has 1 unspecified atom stereocenters. The molecule has 6 heteroatoms. The lowest BCUT2D eigenvalue weighted by Crippen LogP contribution is -2.60. The van der Waals surface area contributed by atoms with E-state index in [1.54, 1.807) is 25.1 Å². The smallest absolute Gasteiger partial charge is 0.330 e. The third kappa shape index (κ3) is 2.79. The summed E-state index contributed by atoms with van der Waals surface area (Å²) in [6.07, 6.45) is 0. The number of hydrogen-bond donors (Lipinski definition) is 1. The molecule has 2 amide bonds. The van der Waals surface area contributed by atoms with Crippen LogP contribution < -0.4 is 10.2 Å². The monoisotopic (exact) mass is 276 g/mol. The Balaban J connectivity index is 2.25.